The highest BCUT2D eigenvalue weighted by Gasteiger charge is 2.40. The third kappa shape index (κ3) is 42.9. The van der Waals surface area contributed by atoms with Crippen molar-refractivity contribution in [1.29, 1.82) is 0 Å². The Morgan fingerprint density at radius 1 is 0.407 bits per heavy atom. The van der Waals surface area contributed by atoms with Gasteiger partial charge in [0, 0.05) is 31.2 Å². The van der Waals surface area contributed by atoms with Crippen molar-refractivity contribution in [3.8, 4) is 0 Å². The maximum atomic E-state index is 12.5. The normalized spacial score (nSPS) is 14.0. The molecule has 2 N–H and O–H groups in total. The number of carboxylic acids is 2. The van der Waals surface area contributed by atoms with Gasteiger partial charge in [-0.1, -0.05) is 206 Å². The van der Waals surface area contributed by atoms with E-state index in [0.29, 0.717) is 28.4 Å². The van der Waals surface area contributed by atoms with E-state index < -0.39 is 29.6 Å². The summed E-state index contributed by atoms with van der Waals surface area (Å²) < 4.78 is 0.886. The molecule has 0 saturated heterocycles. The van der Waals surface area contributed by atoms with Crippen LogP contribution >= 0.6 is 0 Å². The van der Waals surface area contributed by atoms with E-state index in [2.05, 4.69) is 13.8 Å². The van der Waals surface area contributed by atoms with Crippen LogP contribution in [0, 0.1) is 0 Å². The van der Waals surface area contributed by atoms with Gasteiger partial charge in [-0.25, -0.2) is 0 Å². The summed E-state index contributed by atoms with van der Waals surface area (Å²) in [7, 11) is 11.4. The molecule has 0 spiro atoms. The molecule has 0 fully saturated rings. The van der Waals surface area contributed by atoms with E-state index in [0.717, 1.165) is 25.7 Å². The summed E-state index contributed by atoms with van der Waals surface area (Å²) in [6, 6.07) is 0. The van der Waals surface area contributed by atoms with Crippen LogP contribution in [-0.2, 0) is 14.4 Å². The minimum Gasteiger partial charge on any atom is -0.550 e. The van der Waals surface area contributed by atoms with Gasteiger partial charge in [0.2, 0.25) is 0 Å². The molecule has 0 rings (SSSR count). The van der Waals surface area contributed by atoms with Crippen LogP contribution in [0.25, 0.3) is 0 Å². The van der Waals surface area contributed by atoms with Crippen LogP contribution in [0.1, 0.15) is 239 Å². The smallest absolute Gasteiger partial charge is 0.177 e. The molecule has 2 unspecified atom stereocenters. The minimum absolute atomic E-state index is 0.0819. The molecule has 0 aromatic rings. The average Bonchev–Trinajstić information content (AvgIpc) is 3.11. The number of hydrogen-bond donors (Lipinski definition) is 2. The molecule has 352 valence electrons. The predicted octanol–water partition coefficient (Wildman–Crippen LogP) is 9.61. The standard InChI is InChI=1S/C25H49NO4.C25H51NO3/c1-5-6-7-8-9-10-11-12-13-14-15-16-17-18-19-20-23(27)25(30,21-24(28)29)22-26(2,3)4;1-5-6-7-8-9-10-11-12-13-14-15-16-17-18-19-20-21-25(29,22-24(27)28)23-26(2,3)4/h30H,5-22H2,1-4H3;29H,5-23H2,1-4H3. The van der Waals surface area contributed by atoms with Crippen molar-refractivity contribution >= 4 is 17.7 Å². The largest absolute Gasteiger partial charge is 0.550 e. The number of rotatable bonds is 42. The number of unbranched alkanes of at least 4 members (excludes halogenated alkanes) is 29. The van der Waals surface area contributed by atoms with Crippen molar-refractivity contribution in [3.05, 3.63) is 0 Å². The number of aliphatic carboxylic acids is 2. The molecule has 0 heterocycles. The lowest BCUT2D eigenvalue weighted by Gasteiger charge is -2.36. The zero-order valence-corrected chi connectivity index (χ0v) is 40.5. The number of carbonyl (C=O) groups is 3. The Labute approximate surface area is 365 Å². The van der Waals surface area contributed by atoms with Crippen LogP contribution in [0.5, 0.6) is 0 Å². The zero-order chi connectivity index (χ0) is 44.9. The van der Waals surface area contributed by atoms with E-state index in [1.54, 1.807) is 0 Å². The summed E-state index contributed by atoms with van der Waals surface area (Å²) in [5.74, 6) is -2.90. The number of ketones is 1. The number of carboxylic acid groups (broad SMARTS) is 2. The monoisotopic (exact) mass is 841 g/mol. The molecule has 59 heavy (non-hydrogen) atoms. The van der Waals surface area contributed by atoms with Gasteiger partial charge in [-0.3, -0.25) is 4.79 Å². The van der Waals surface area contributed by atoms with Crippen molar-refractivity contribution in [2.45, 2.75) is 250 Å². The summed E-state index contributed by atoms with van der Waals surface area (Å²) in [6.45, 7) is 5.05. The number of nitrogens with zero attached hydrogens (tertiary/aromatic N) is 2. The van der Waals surface area contributed by atoms with Crippen LogP contribution < -0.4 is 10.2 Å². The summed E-state index contributed by atoms with van der Waals surface area (Å²) in [5.41, 5.74) is -2.97. The highest BCUT2D eigenvalue weighted by Crippen LogP contribution is 2.23. The molecule has 0 saturated carbocycles. The van der Waals surface area contributed by atoms with Gasteiger partial charge >= 0.3 is 0 Å². The molecular formula is C50H100N2O7. The Kier molecular flexibility index (Phi) is 37.4. The van der Waals surface area contributed by atoms with Crippen molar-refractivity contribution < 1.29 is 43.8 Å². The maximum Gasteiger partial charge on any atom is 0.177 e. The van der Waals surface area contributed by atoms with Crippen molar-refractivity contribution in [3.63, 3.8) is 0 Å². The first-order chi connectivity index (χ1) is 27.8. The molecule has 0 aromatic carbocycles. The lowest BCUT2D eigenvalue weighted by Crippen LogP contribution is -2.56. The Morgan fingerprint density at radius 3 is 0.949 bits per heavy atom. The van der Waals surface area contributed by atoms with Crippen molar-refractivity contribution in [2.75, 3.05) is 55.4 Å². The van der Waals surface area contributed by atoms with E-state index in [4.69, 9.17) is 0 Å². The molecular weight excluding hydrogens is 741 g/mol. The zero-order valence-electron chi connectivity index (χ0n) is 40.5. The first kappa shape index (κ1) is 59.5. The Hall–Kier alpha value is -1.55. The van der Waals surface area contributed by atoms with Crippen molar-refractivity contribution in [2.24, 2.45) is 0 Å². The number of carbonyl (C=O) groups excluding carboxylic acids is 3. The van der Waals surface area contributed by atoms with Gasteiger partial charge in [-0.05, 0) is 12.8 Å². The SMILES string of the molecule is CCCCCCCCCCCCCCCCCC(=O)C(O)(CC(=O)[O-])C[N+](C)(C)C.CCCCCCCCCCCCCCCCCCC(O)(CC(=O)[O-])C[N+](C)(C)C. The van der Waals surface area contributed by atoms with Crippen molar-refractivity contribution in [1.82, 2.24) is 0 Å². The van der Waals surface area contributed by atoms with E-state index in [9.17, 15) is 34.8 Å². The molecule has 0 aromatic heterocycles. The lowest BCUT2D eigenvalue weighted by molar-refractivity contribution is -0.877. The first-order valence-corrected chi connectivity index (χ1v) is 24.8. The van der Waals surface area contributed by atoms with Gasteiger partial charge < -0.3 is 39.0 Å². The van der Waals surface area contributed by atoms with Crippen LogP contribution in [0.3, 0.4) is 0 Å². The van der Waals surface area contributed by atoms with E-state index in [1.165, 1.54) is 167 Å². The molecule has 9 nitrogen and oxygen atoms in total. The molecule has 0 aliphatic rings. The summed E-state index contributed by atoms with van der Waals surface area (Å²) in [6.07, 6.45) is 39.8. The number of quaternary nitrogens is 2. The number of aliphatic hydroxyl groups is 2. The Bertz CT molecular complexity index is 1010. The molecule has 0 radical (unpaired) electrons. The van der Waals surface area contributed by atoms with Crippen LogP contribution in [0.4, 0.5) is 0 Å². The van der Waals surface area contributed by atoms with Gasteiger partial charge in [-0.2, -0.15) is 0 Å². The van der Waals surface area contributed by atoms with E-state index >= 15 is 0 Å². The number of Topliss-reactive ketones (excluding diaryl/α,β-unsaturated/α-hetero) is 1. The molecule has 2 atom stereocenters. The topological polar surface area (TPSA) is 138 Å². The third-order valence-corrected chi connectivity index (χ3v) is 11.4. The Balaban J connectivity index is 0. The highest BCUT2D eigenvalue weighted by atomic mass is 16.4. The molecule has 0 aliphatic carbocycles. The van der Waals surface area contributed by atoms with Gasteiger partial charge in [0.05, 0.1) is 42.3 Å². The second-order valence-electron chi connectivity index (χ2n) is 20.4. The quantitative estimate of drug-likeness (QED) is 0.0461. The summed E-state index contributed by atoms with van der Waals surface area (Å²) in [5, 5.41) is 43.3. The fourth-order valence-electron chi connectivity index (χ4n) is 8.53. The maximum absolute atomic E-state index is 12.5. The van der Waals surface area contributed by atoms with Gasteiger partial charge in [-0.15, -0.1) is 0 Å². The van der Waals surface area contributed by atoms with Crippen LogP contribution in [0.15, 0.2) is 0 Å². The average molecular weight is 841 g/mol. The van der Waals surface area contributed by atoms with Gasteiger partial charge in [0.1, 0.15) is 18.7 Å². The fourth-order valence-corrected chi connectivity index (χ4v) is 8.53. The van der Waals surface area contributed by atoms with E-state index in [1.807, 2.05) is 42.3 Å². The number of hydrogen-bond acceptors (Lipinski definition) is 7. The molecule has 0 bridgehead atoms. The number of likely N-dealkylation sites (N-methyl/N-ethyl adjacent to an activating group) is 2. The molecule has 9 heteroatoms. The summed E-state index contributed by atoms with van der Waals surface area (Å²) in [4.78, 5) is 34.4. The van der Waals surface area contributed by atoms with E-state index in [-0.39, 0.29) is 25.2 Å². The second-order valence-corrected chi connectivity index (χ2v) is 20.4. The molecule has 0 aliphatic heterocycles. The molecule has 0 amide bonds. The minimum atomic E-state index is -1.83. The third-order valence-electron chi connectivity index (χ3n) is 11.4. The van der Waals surface area contributed by atoms with Crippen LogP contribution in [-0.4, -0.2) is 103 Å². The first-order valence-electron chi connectivity index (χ1n) is 24.8. The lowest BCUT2D eigenvalue weighted by atomic mass is 9.89. The van der Waals surface area contributed by atoms with Gasteiger partial charge in [0.25, 0.3) is 0 Å². The Morgan fingerprint density at radius 2 is 0.678 bits per heavy atom. The second kappa shape index (κ2) is 37.0. The van der Waals surface area contributed by atoms with Crippen LogP contribution in [0.2, 0.25) is 0 Å². The van der Waals surface area contributed by atoms with Gasteiger partial charge in [0.15, 0.2) is 11.4 Å². The fraction of sp³-hybridized carbons (Fsp3) is 0.940. The predicted molar refractivity (Wildman–Crippen MR) is 244 cm³/mol. The highest BCUT2D eigenvalue weighted by molar-refractivity contribution is 5.90. The summed E-state index contributed by atoms with van der Waals surface area (Å²) >= 11 is 0.